The van der Waals surface area contributed by atoms with Gasteiger partial charge >= 0.3 is 13.5 Å². The number of aromatic nitrogens is 1. The average molecular weight is 332 g/mol. The molecule has 7 nitrogen and oxygen atoms in total. The van der Waals surface area contributed by atoms with Crippen molar-refractivity contribution in [1.82, 2.24) is 4.98 Å². The Balaban J connectivity index is 2.10. The first kappa shape index (κ1) is 16.7. The summed E-state index contributed by atoms with van der Waals surface area (Å²) < 4.78 is 4.72. The first-order chi connectivity index (χ1) is 11.1. The largest absolute Gasteiger partial charge is 0.537 e. The molecule has 1 aromatic heterocycles. The van der Waals surface area contributed by atoms with Crippen LogP contribution in [0.15, 0.2) is 34.8 Å². The summed E-state index contributed by atoms with van der Waals surface area (Å²) in [6.07, 6.45) is 0. The Morgan fingerprint density at radius 2 is 2.26 bits per heavy atom. The number of oxime groups is 1. The summed E-state index contributed by atoms with van der Waals surface area (Å²) in [6, 6.07) is 7.17. The number of nitrogens with zero attached hydrogens (tertiary/aromatic N) is 2. The summed E-state index contributed by atoms with van der Waals surface area (Å²) in [4.78, 5) is 30.8. The van der Waals surface area contributed by atoms with Crippen LogP contribution in [-0.2, 0) is 25.7 Å². The number of benzene rings is 1. The SMILES string of the molecule is Cc1nc(/C(=N/OCc2ccccc2BOC=O)C(=O)O)cs1. The van der Waals surface area contributed by atoms with Crippen LogP contribution in [0.2, 0.25) is 0 Å². The molecule has 0 saturated carbocycles. The number of aliphatic carboxylic acids is 1. The minimum Gasteiger partial charge on any atom is -0.537 e. The van der Waals surface area contributed by atoms with Gasteiger partial charge in [0, 0.05) is 5.38 Å². The first-order valence-corrected chi connectivity index (χ1v) is 7.47. The zero-order valence-electron chi connectivity index (χ0n) is 12.3. The molecule has 23 heavy (non-hydrogen) atoms. The van der Waals surface area contributed by atoms with E-state index in [9.17, 15) is 14.7 Å². The van der Waals surface area contributed by atoms with Crippen LogP contribution >= 0.6 is 11.3 Å². The number of hydrogen-bond donors (Lipinski definition) is 1. The van der Waals surface area contributed by atoms with Crippen LogP contribution in [0.4, 0.5) is 0 Å². The van der Waals surface area contributed by atoms with Crippen molar-refractivity contribution in [2.75, 3.05) is 0 Å². The van der Waals surface area contributed by atoms with Crippen LogP contribution in [0.5, 0.6) is 0 Å². The quantitative estimate of drug-likeness (QED) is 0.329. The van der Waals surface area contributed by atoms with Crippen LogP contribution in [0.1, 0.15) is 16.3 Å². The van der Waals surface area contributed by atoms with Gasteiger partial charge in [-0.15, -0.1) is 11.3 Å². The lowest BCUT2D eigenvalue weighted by Gasteiger charge is -2.06. The van der Waals surface area contributed by atoms with Crippen LogP contribution in [-0.4, -0.2) is 35.7 Å². The predicted octanol–water partition coefficient (Wildman–Crippen LogP) is 0.607. The lowest BCUT2D eigenvalue weighted by molar-refractivity contribution is -0.129. The Kier molecular flexibility index (Phi) is 5.87. The van der Waals surface area contributed by atoms with Crippen molar-refractivity contribution in [3.8, 4) is 0 Å². The fourth-order valence-electron chi connectivity index (χ4n) is 1.80. The molecule has 0 aliphatic heterocycles. The summed E-state index contributed by atoms with van der Waals surface area (Å²) in [5.74, 6) is -1.21. The van der Waals surface area contributed by atoms with Gasteiger partial charge in [-0.05, 0) is 17.9 Å². The molecular weight excluding hydrogens is 319 g/mol. The van der Waals surface area contributed by atoms with Crippen LogP contribution < -0.4 is 5.46 Å². The first-order valence-electron chi connectivity index (χ1n) is 6.59. The van der Waals surface area contributed by atoms with E-state index in [1.54, 1.807) is 36.6 Å². The van der Waals surface area contributed by atoms with Crippen molar-refractivity contribution in [3.63, 3.8) is 0 Å². The molecule has 0 atom stereocenters. The number of carboxylic acids is 1. The fraction of sp³-hybridized carbons (Fsp3) is 0.143. The van der Waals surface area contributed by atoms with E-state index >= 15 is 0 Å². The second-order valence-corrected chi connectivity index (χ2v) is 5.51. The molecule has 118 valence electrons. The van der Waals surface area contributed by atoms with E-state index in [0.717, 1.165) is 16.0 Å². The highest BCUT2D eigenvalue weighted by Crippen LogP contribution is 2.10. The van der Waals surface area contributed by atoms with Crippen LogP contribution in [0.25, 0.3) is 0 Å². The lowest BCUT2D eigenvalue weighted by atomic mass is 9.84. The third-order valence-electron chi connectivity index (χ3n) is 2.87. The molecule has 0 amide bonds. The number of carboxylic acid groups (broad SMARTS) is 1. The number of hydrogen-bond acceptors (Lipinski definition) is 7. The summed E-state index contributed by atoms with van der Waals surface area (Å²) in [5, 5.41) is 15.2. The second kappa shape index (κ2) is 8.09. The molecular formula is C14H13BN2O5S. The van der Waals surface area contributed by atoms with Gasteiger partial charge in [-0.25, -0.2) is 9.78 Å². The van der Waals surface area contributed by atoms with E-state index in [-0.39, 0.29) is 25.5 Å². The van der Waals surface area contributed by atoms with Gasteiger partial charge in [-0.2, -0.15) is 0 Å². The molecule has 0 saturated heterocycles. The summed E-state index contributed by atoms with van der Waals surface area (Å²) in [5.41, 5.74) is 1.52. The van der Waals surface area contributed by atoms with E-state index in [2.05, 4.69) is 10.1 Å². The smallest absolute Gasteiger partial charge is 0.377 e. The minimum absolute atomic E-state index is 0.0539. The maximum Gasteiger partial charge on any atom is 0.377 e. The summed E-state index contributed by atoms with van der Waals surface area (Å²) >= 11 is 1.33. The maximum absolute atomic E-state index is 11.3. The second-order valence-electron chi connectivity index (χ2n) is 4.45. The number of carbonyl (C=O) groups excluding carboxylic acids is 1. The molecule has 0 unspecified atom stereocenters. The third kappa shape index (κ3) is 4.65. The minimum atomic E-state index is -1.21. The van der Waals surface area contributed by atoms with Gasteiger partial charge in [0.2, 0.25) is 5.71 Å². The van der Waals surface area contributed by atoms with Gasteiger partial charge in [-0.3, -0.25) is 4.79 Å². The number of aryl methyl sites for hydroxylation is 1. The van der Waals surface area contributed by atoms with Crippen LogP contribution in [0.3, 0.4) is 0 Å². The van der Waals surface area contributed by atoms with Gasteiger partial charge in [0.15, 0.2) is 0 Å². The van der Waals surface area contributed by atoms with Crippen molar-refractivity contribution in [3.05, 3.63) is 45.9 Å². The summed E-state index contributed by atoms with van der Waals surface area (Å²) in [6.45, 7) is 2.19. The van der Waals surface area contributed by atoms with Gasteiger partial charge in [-0.1, -0.05) is 29.4 Å². The monoisotopic (exact) mass is 332 g/mol. The third-order valence-corrected chi connectivity index (χ3v) is 3.64. The molecule has 2 aromatic rings. The Hall–Kier alpha value is -2.68. The highest BCUT2D eigenvalue weighted by atomic mass is 32.1. The topological polar surface area (TPSA) is 98.1 Å². The van der Waals surface area contributed by atoms with E-state index in [1.165, 1.54) is 11.3 Å². The molecule has 0 spiro atoms. The molecule has 9 heteroatoms. The zero-order valence-corrected chi connectivity index (χ0v) is 13.1. The zero-order chi connectivity index (χ0) is 16.7. The molecule has 0 aliphatic rings. The molecule has 1 heterocycles. The Morgan fingerprint density at radius 3 is 2.91 bits per heavy atom. The van der Waals surface area contributed by atoms with Crippen molar-refractivity contribution in [2.24, 2.45) is 5.16 Å². The normalized spacial score (nSPS) is 10.9. The van der Waals surface area contributed by atoms with E-state index < -0.39 is 5.97 Å². The van der Waals surface area contributed by atoms with Gasteiger partial charge in [0.05, 0.1) is 5.01 Å². The van der Waals surface area contributed by atoms with Crippen molar-refractivity contribution < 1.29 is 24.2 Å². The summed E-state index contributed by atoms with van der Waals surface area (Å²) in [7, 11) is 0.115. The Morgan fingerprint density at radius 1 is 1.48 bits per heavy atom. The van der Waals surface area contributed by atoms with Crippen molar-refractivity contribution >= 4 is 42.4 Å². The lowest BCUT2D eigenvalue weighted by Crippen LogP contribution is -2.22. The molecule has 0 radical (unpaired) electrons. The Bertz CT molecular complexity index is 731. The maximum atomic E-state index is 11.3. The highest BCUT2D eigenvalue weighted by Gasteiger charge is 2.17. The Labute approximate surface area is 136 Å². The average Bonchev–Trinajstić information content (AvgIpc) is 2.96. The van der Waals surface area contributed by atoms with Crippen molar-refractivity contribution in [1.29, 1.82) is 0 Å². The number of thiazole rings is 1. The number of carbonyl (C=O) groups is 2. The van der Waals surface area contributed by atoms with E-state index in [0.29, 0.717) is 6.47 Å². The predicted molar refractivity (Wildman–Crippen MR) is 86.2 cm³/mol. The molecule has 0 bridgehead atoms. The van der Waals surface area contributed by atoms with Crippen LogP contribution in [0, 0.1) is 6.92 Å². The van der Waals surface area contributed by atoms with Gasteiger partial charge in [0.25, 0.3) is 6.47 Å². The standard InChI is InChI=1S/C14H13BN2O5S/c1-9-16-12(7-23-9)13(14(19)20)17-22-6-10-4-2-3-5-11(10)15-21-8-18/h2-5,7-8,15H,6H2,1H3,(H,19,20)/b17-13-. The highest BCUT2D eigenvalue weighted by molar-refractivity contribution is 7.09. The van der Waals surface area contributed by atoms with E-state index in [1.807, 2.05) is 0 Å². The van der Waals surface area contributed by atoms with E-state index in [4.69, 9.17) is 9.49 Å². The van der Waals surface area contributed by atoms with Gasteiger partial charge < -0.3 is 14.6 Å². The molecule has 1 N–H and O–H groups in total. The number of rotatable bonds is 8. The molecule has 1 aromatic carbocycles. The molecule has 0 aliphatic carbocycles. The fourth-order valence-corrected chi connectivity index (χ4v) is 2.39. The van der Waals surface area contributed by atoms with Crippen molar-refractivity contribution in [2.45, 2.75) is 13.5 Å². The molecule has 2 rings (SSSR count). The molecule has 0 fully saturated rings. The van der Waals surface area contributed by atoms with Gasteiger partial charge in [0.1, 0.15) is 12.3 Å².